The quantitative estimate of drug-likeness (QED) is 0.328. The SMILES string of the molecule is COc1cccc(OC(C)=O)c1CON=Cc1cc(C)cc(C(F)(F)F)n1. The molecule has 6 nitrogen and oxygen atoms in total. The van der Waals surface area contributed by atoms with E-state index in [-0.39, 0.29) is 18.1 Å². The van der Waals surface area contributed by atoms with Crippen molar-refractivity contribution in [3.63, 3.8) is 0 Å². The number of carbonyl (C=O) groups excluding carboxylic acids is 1. The highest BCUT2D eigenvalue weighted by atomic mass is 19.4. The molecule has 0 fully saturated rings. The summed E-state index contributed by atoms with van der Waals surface area (Å²) in [7, 11) is 1.44. The Hall–Kier alpha value is -3.10. The molecule has 9 heteroatoms. The van der Waals surface area contributed by atoms with Gasteiger partial charge in [0.2, 0.25) is 0 Å². The van der Waals surface area contributed by atoms with Crippen LogP contribution in [0.25, 0.3) is 0 Å². The average molecular weight is 382 g/mol. The van der Waals surface area contributed by atoms with Crippen LogP contribution in [0, 0.1) is 6.92 Å². The molecule has 0 aliphatic rings. The molecule has 0 saturated carbocycles. The first-order valence-electron chi connectivity index (χ1n) is 7.76. The monoisotopic (exact) mass is 382 g/mol. The standard InChI is InChI=1S/C18H17F3N2O4/c1-11-7-13(23-17(8-11)18(19,20)21)9-22-26-10-14-15(25-3)5-4-6-16(14)27-12(2)24/h4-9H,10H2,1-3H3. The number of oxime groups is 1. The van der Waals surface area contributed by atoms with Crippen molar-refractivity contribution >= 4 is 12.2 Å². The Morgan fingerprint density at radius 2 is 1.96 bits per heavy atom. The van der Waals surface area contributed by atoms with Crippen molar-refractivity contribution in [3.05, 3.63) is 52.8 Å². The van der Waals surface area contributed by atoms with Gasteiger partial charge in [-0.15, -0.1) is 0 Å². The molecule has 0 amide bonds. The number of hydrogen-bond donors (Lipinski definition) is 0. The zero-order valence-electron chi connectivity index (χ0n) is 14.8. The normalized spacial score (nSPS) is 11.5. The second kappa shape index (κ2) is 8.52. The number of rotatable bonds is 6. The van der Waals surface area contributed by atoms with Crippen LogP contribution in [0.4, 0.5) is 13.2 Å². The topological polar surface area (TPSA) is 70.0 Å². The molecule has 0 unspecified atom stereocenters. The van der Waals surface area contributed by atoms with E-state index in [1.165, 1.54) is 27.0 Å². The summed E-state index contributed by atoms with van der Waals surface area (Å²) in [5, 5.41) is 3.65. The molecule has 0 N–H and O–H groups in total. The number of nitrogens with zero attached hydrogens (tertiary/aromatic N) is 2. The Morgan fingerprint density at radius 1 is 1.26 bits per heavy atom. The minimum absolute atomic E-state index is 0.00237. The van der Waals surface area contributed by atoms with Gasteiger partial charge >= 0.3 is 12.1 Å². The Morgan fingerprint density at radius 3 is 2.59 bits per heavy atom. The fourth-order valence-electron chi connectivity index (χ4n) is 2.23. The Bertz CT molecular complexity index is 851. The molecule has 1 aromatic heterocycles. The van der Waals surface area contributed by atoms with Gasteiger partial charge in [0.15, 0.2) is 0 Å². The maximum atomic E-state index is 12.8. The third-order valence-corrected chi connectivity index (χ3v) is 3.31. The fraction of sp³-hybridized carbons (Fsp3) is 0.278. The van der Waals surface area contributed by atoms with Crippen molar-refractivity contribution in [1.29, 1.82) is 0 Å². The Balaban J connectivity index is 2.15. The second-order valence-electron chi connectivity index (χ2n) is 5.49. The molecule has 2 rings (SSSR count). The molecule has 0 spiro atoms. The molecule has 0 bridgehead atoms. The lowest BCUT2D eigenvalue weighted by Gasteiger charge is -2.12. The number of carbonyl (C=O) groups is 1. The van der Waals surface area contributed by atoms with Crippen LogP contribution in [0.3, 0.4) is 0 Å². The minimum Gasteiger partial charge on any atom is -0.496 e. The van der Waals surface area contributed by atoms with Gasteiger partial charge in [-0.3, -0.25) is 4.79 Å². The molecule has 144 valence electrons. The van der Waals surface area contributed by atoms with E-state index in [1.54, 1.807) is 18.2 Å². The number of benzene rings is 1. The average Bonchev–Trinajstić information content (AvgIpc) is 2.57. The largest absolute Gasteiger partial charge is 0.496 e. The molecule has 0 aliphatic carbocycles. The van der Waals surface area contributed by atoms with Crippen LogP contribution in [0.2, 0.25) is 0 Å². The third-order valence-electron chi connectivity index (χ3n) is 3.31. The van der Waals surface area contributed by atoms with Crippen LogP contribution in [-0.4, -0.2) is 24.3 Å². The molecule has 0 atom stereocenters. The first-order valence-corrected chi connectivity index (χ1v) is 7.76. The molecular formula is C18H17F3N2O4. The summed E-state index contributed by atoms with van der Waals surface area (Å²) >= 11 is 0. The minimum atomic E-state index is -4.55. The van der Waals surface area contributed by atoms with E-state index in [1.807, 2.05) is 0 Å². The highest BCUT2D eigenvalue weighted by Crippen LogP contribution is 2.30. The van der Waals surface area contributed by atoms with Crippen LogP contribution in [-0.2, 0) is 22.4 Å². The lowest BCUT2D eigenvalue weighted by molar-refractivity contribution is -0.141. The molecule has 1 aromatic carbocycles. The first kappa shape index (κ1) is 20.2. The molecule has 1 heterocycles. The van der Waals surface area contributed by atoms with E-state index in [0.29, 0.717) is 16.9 Å². The van der Waals surface area contributed by atoms with Crippen molar-refractivity contribution in [2.75, 3.05) is 7.11 Å². The number of pyridine rings is 1. The zero-order chi connectivity index (χ0) is 20.0. The number of methoxy groups -OCH3 is 1. The number of alkyl halides is 3. The summed E-state index contributed by atoms with van der Waals surface area (Å²) in [5.74, 6) is 0.138. The molecule has 0 aliphatic heterocycles. The number of hydrogen-bond acceptors (Lipinski definition) is 6. The van der Waals surface area contributed by atoms with Gasteiger partial charge in [0.25, 0.3) is 0 Å². The van der Waals surface area contributed by atoms with Gasteiger partial charge in [-0.25, -0.2) is 4.98 Å². The van der Waals surface area contributed by atoms with Gasteiger partial charge in [0, 0.05) is 6.92 Å². The Kier molecular flexibility index (Phi) is 6.38. The summed E-state index contributed by atoms with van der Waals surface area (Å²) in [5.41, 5.74) is -0.186. The summed E-state index contributed by atoms with van der Waals surface area (Å²) < 4.78 is 48.7. The van der Waals surface area contributed by atoms with E-state index in [0.717, 1.165) is 12.3 Å². The molecular weight excluding hydrogens is 365 g/mol. The first-order chi connectivity index (χ1) is 12.7. The number of ether oxygens (including phenoxy) is 2. The van der Waals surface area contributed by atoms with Gasteiger partial charge in [0.05, 0.1) is 24.6 Å². The van der Waals surface area contributed by atoms with E-state index in [2.05, 4.69) is 10.1 Å². The smallest absolute Gasteiger partial charge is 0.433 e. The van der Waals surface area contributed by atoms with Crippen LogP contribution in [0.15, 0.2) is 35.5 Å². The summed E-state index contributed by atoms with van der Waals surface area (Å²) in [6.45, 7) is 2.65. The van der Waals surface area contributed by atoms with Crippen molar-refractivity contribution in [1.82, 2.24) is 4.98 Å². The van der Waals surface area contributed by atoms with Gasteiger partial charge in [-0.1, -0.05) is 11.2 Å². The van der Waals surface area contributed by atoms with Gasteiger partial charge < -0.3 is 14.3 Å². The number of halogens is 3. The van der Waals surface area contributed by atoms with E-state index in [4.69, 9.17) is 14.3 Å². The van der Waals surface area contributed by atoms with Crippen LogP contribution < -0.4 is 9.47 Å². The molecule has 2 aromatic rings. The third kappa shape index (κ3) is 5.70. The van der Waals surface area contributed by atoms with Gasteiger partial charge in [-0.05, 0) is 36.8 Å². The molecule has 0 radical (unpaired) electrons. The van der Waals surface area contributed by atoms with Gasteiger partial charge in [0.1, 0.15) is 23.8 Å². The highest BCUT2D eigenvalue weighted by molar-refractivity contribution is 5.76. The molecule has 0 saturated heterocycles. The maximum absolute atomic E-state index is 12.8. The van der Waals surface area contributed by atoms with Crippen LogP contribution >= 0.6 is 0 Å². The van der Waals surface area contributed by atoms with Crippen LogP contribution in [0.1, 0.15) is 29.4 Å². The van der Waals surface area contributed by atoms with Crippen LogP contribution in [0.5, 0.6) is 11.5 Å². The second-order valence-corrected chi connectivity index (χ2v) is 5.49. The summed E-state index contributed by atoms with van der Waals surface area (Å²) in [6.07, 6.45) is -3.48. The van der Waals surface area contributed by atoms with Crippen molar-refractivity contribution in [2.24, 2.45) is 5.16 Å². The Labute approximate surface area is 153 Å². The van der Waals surface area contributed by atoms with E-state index in [9.17, 15) is 18.0 Å². The number of aryl methyl sites for hydroxylation is 1. The predicted octanol–water partition coefficient (Wildman–Crippen LogP) is 3.89. The zero-order valence-corrected chi connectivity index (χ0v) is 14.8. The van der Waals surface area contributed by atoms with Crippen molar-refractivity contribution < 1.29 is 32.3 Å². The van der Waals surface area contributed by atoms with E-state index >= 15 is 0 Å². The van der Waals surface area contributed by atoms with E-state index < -0.39 is 17.8 Å². The summed E-state index contributed by atoms with van der Waals surface area (Å²) in [4.78, 5) is 19.8. The highest BCUT2D eigenvalue weighted by Gasteiger charge is 2.32. The number of esters is 1. The van der Waals surface area contributed by atoms with Crippen molar-refractivity contribution in [3.8, 4) is 11.5 Å². The van der Waals surface area contributed by atoms with Gasteiger partial charge in [-0.2, -0.15) is 13.2 Å². The maximum Gasteiger partial charge on any atom is 0.433 e. The lowest BCUT2D eigenvalue weighted by atomic mass is 10.2. The predicted molar refractivity (Wildman–Crippen MR) is 90.7 cm³/mol. The van der Waals surface area contributed by atoms with Crippen molar-refractivity contribution in [2.45, 2.75) is 26.6 Å². The summed E-state index contributed by atoms with van der Waals surface area (Å²) in [6, 6.07) is 7.23. The fourth-order valence-corrected chi connectivity index (χ4v) is 2.23. The lowest BCUT2D eigenvalue weighted by Crippen LogP contribution is -2.10. The molecule has 27 heavy (non-hydrogen) atoms. The number of aromatic nitrogens is 1.